The molecule has 0 aliphatic heterocycles. The summed E-state index contributed by atoms with van der Waals surface area (Å²) in [5.74, 6) is 0.104. The summed E-state index contributed by atoms with van der Waals surface area (Å²) in [5.41, 5.74) is 2.41. The third-order valence-corrected chi connectivity index (χ3v) is 6.43. The zero-order valence-electron chi connectivity index (χ0n) is 17.2. The second-order valence-electron chi connectivity index (χ2n) is 8.72. The Kier molecular flexibility index (Phi) is 5.03. The van der Waals surface area contributed by atoms with E-state index in [2.05, 4.69) is 4.98 Å². The second-order valence-corrected chi connectivity index (χ2v) is 8.72. The predicted molar refractivity (Wildman–Crippen MR) is 113 cm³/mol. The van der Waals surface area contributed by atoms with E-state index in [0.29, 0.717) is 11.0 Å². The van der Waals surface area contributed by atoms with E-state index in [1.807, 2.05) is 31.4 Å². The van der Waals surface area contributed by atoms with Crippen LogP contribution in [-0.4, -0.2) is 20.3 Å². The molecule has 0 unspecified atom stereocenters. The van der Waals surface area contributed by atoms with Crippen molar-refractivity contribution in [2.75, 3.05) is 0 Å². The van der Waals surface area contributed by atoms with E-state index in [9.17, 15) is 14.3 Å². The lowest BCUT2D eigenvalue weighted by molar-refractivity contribution is -0.00162. The highest BCUT2D eigenvalue weighted by Crippen LogP contribution is 2.40. The molecule has 4 rings (SSSR count). The average molecular weight is 394 g/mol. The van der Waals surface area contributed by atoms with Gasteiger partial charge in [-0.05, 0) is 94.7 Å². The lowest BCUT2D eigenvalue weighted by atomic mass is 9.72. The van der Waals surface area contributed by atoms with Crippen molar-refractivity contribution in [2.45, 2.75) is 58.0 Å². The van der Waals surface area contributed by atoms with Crippen LogP contribution in [0.1, 0.15) is 56.7 Å². The predicted octanol–water partition coefficient (Wildman–Crippen LogP) is 4.88. The maximum Gasteiger partial charge on any atom is 0.194 e. The molecule has 0 amide bonds. The van der Waals surface area contributed by atoms with Crippen LogP contribution in [0.15, 0.2) is 47.4 Å². The number of aromatic nitrogens is 2. The van der Waals surface area contributed by atoms with Crippen molar-refractivity contribution in [1.82, 2.24) is 9.55 Å². The van der Waals surface area contributed by atoms with E-state index in [1.54, 1.807) is 24.4 Å². The number of rotatable bonds is 3. The van der Waals surface area contributed by atoms with Gasteiger partial charge in [-0.2, -0.15) is 0 Å². The number of hydrogen-bond acceptors (Lipinski definition) is 3. The molecule has 1 N–H and O–H groups in total. The van der Waals surface area contributed by atoms with Crippen LogP contribution in [0.2, 0.25) is 0 Å². The molecule has 0 atom stereocenters. The highest BCUT2D eigenvalue weighted by molar-refractivity contribution is 5.78. The minimum atomic E-state index is -0.693. The van der Waals surface area contributed by atoms with Crippen molar-refractivity contribution >= 4 is 11.0 Å². The number of fused-ring (bicyclic) bond motifs is 1. The van der Waals surface area contributed by atoms with E-state index in [1.165, 1.54) is 12.1 Å². The lowest BCUT2D eigenvalue weighted by Crippen LogP contribution is -2.34. The molecular weight excluding hydrogens is 367 g/mol. The SMILES string of the molecule is Cc1c(C2CCC(C(C)(C)O)CC2)c(=O)c2cccnc2n1-c1ccc(F)cc1. The Labute approximate surface area is 170 Å². The highest BCUT2D eigenvalue weighted by Gasteiger charge is 2.33. The van der Waals surface area contributed by atoms with Gasteiger partial charge in [0, 0.05) is 23.1 Å². The van der Waals surface area contributed by atoms with Gasteiger partial charge >= 0.3 is 0 Å². The van der Waals surface area contributed by atoms with Crippen LogP contribution in [0.4, 0.5) is 4.39 Å². The Bertz CT molecular complexity index is 1090. The van der Waals surface area contributed by atoms with Gasteiger partial charge < -0.3 is 5.11 Å². The van der Waals surface area contributed by atoms with E-state index < -0.39 is 5.60 Å². The van der Waals surface area contributed by atoms with Gasteiger partial charge in [-0.25, -0.2) is 9.37 Å². The first kappa shape index (κ1) is 19.8. The molecule has 2 aromatic heterocycles. The fourth-order valence-corrected chi connectivity index (χ4v) is 4.82. The molecule has 2 heterocycles. The monoisotopic (exact) mass is 394 g/mol. The number of pyridine rings is 2. The van der Waals surface area contributed by atoms with Gasteiger partial charge in [0.25, 0.3) is 0 Å². The molecule has 0 saturated heterocycles. The summed E-state index contributed by atoms with van der Waals surface area (Å²) in [5, 5.41) is 10.9. The first-order valence-electron chi connectivity index (χ1n) is 10.3. The fraction of sp³-hybridized carbons (Fsp3) is 0.417. The van der Waals surface area contributed by atoms with Gasteiger partial charge in [0.2, 0.25) is 0 Å². The topological polar surface area (TPSA) is 55.1 Å². The first-order chi connectivity index (χ1) is 13.8. The molecule has 152 valence electrons. The Morgan fingerprint density at radius 2 is 1.76 bits per heavy atom. The molecule has 3 aromatic rings. The Morgan fingerprint density at radius 1 is 1.10 bits per heavy atom. The molecule has 1 aromatic carbocycles. The van der Waals surface area contributed by atoms with Gasteiger partial charge in [0.15, 0.2) is 5.43 Å². The molecule has 1 aliphatic carbocycles. The van der Waals surface area contributed by atoms with Crippen LogP contribution in [-0.2, 0) is 0 Å². The smallest absolute Gasteiger partial charge is 0.194 e. The number of halogens is 1. The summed E-state index contributed by atoms with van der Waals surface area (Å²) in [6.45, 7) is 5.69. The summed E-state index contributed by atoms with van der Waals surface area (Å²) in [4.78, 5) is 17.9. The number of benzene rings is 1. The van der Waals surface area contributed by atoms with Crippen LogP contribution in [0.3, 0.4) is 0 Å². The molecule has 4 nitrogen and oxygen atoms in total. The number of aliphatic hydroxyl groups is 1. The summed E-state index contributed by atoms with van der Waals surface area (Å²) >= 11 is 0. The van der Waals surface area contributed by atoms with Gasteiger partial charge in [-0.3, -0.25) is 9.36 Å². The minimum Gasteiger partial charge on any atom is -0.390 e. The first-order valence-corrected chi connectivity index (χ1v) is 10.3. The van der Waals surface area contributed by atoms with Crippen molar-refractivity contribution < 1.29 is 9.50 Å². The molecule has 1 fully saturated rings. The third kappa shape index (κ3) is 3.60. The molecule has 29 heavy (non-hydrogen) atoms. The molecule has 1 saturated carbocycles. The highest BCUT2D eigenvalue weighted by atomic mass is 19.1. The quantitative estimate of drug-likeness (QED) is 0.689. The summed E-state index contributed by atoms with van der Waals surface area (Å²) in [7, 11) is 0. The largest absolute Gasteiger partial charge is 0.390 e. The molecule has 1 aliphatic rings. The van der Waals surface area contributed by atoms with E-state index in [-0.39, 0.29) is 23.1 Å². The minimum absolute atomic E-state index is 0.0377. The van der Waals surface area contributed by atoms with Crippen LogP contribution in [0, 0.1) is 18.7 Å². The molecule has 0 radical (unpaired) electrons. The number of hydrogen-bond donors (Lipinski definition) is 1. The van der Waals surface area contributed by atoms with Gasteiger partial charge in [-0.15, -0.1) is 0 Å². The molecule has 0 bridgehead atoms. The van der Waals surface area contributed by atoms with Gasteiger partial charge in [-0.1, -0.05) is 0 Å². The van der Waals surface area contributed by atoms with Crippen molar-refractivity contribution in [3.05, 3.63) is 69.9 Å². The summed E-state index contributed by atoms with van der Waals surface area (Å²) < 4.78 is 15.5. The van der Waals surface area contributed by atoms with Crippen LogP contribution >= 0.6 is 0 Å². The van der Waals surface area contributed by atoms with Crippen molar-refractivity contribution in [3.8, 4) is 5.69 Å². The summed E-state index contributed by atoms with van der Waals surface area (Å²) in [6.07, 6.45) is 5.22. The van der Waals surface area contributed by atoms with Crippen molar-refractivity contribution in [3.63, 3.8) is 0 Å². The zero-order valence-corrected chi connectivity index (χ0v) is 17.2. The fourth-order valence-electron chi connectivity index (χ4n) is 4.82. The lowest BCUT2D eigenvalue weighted by Gasteiger charge is -2.36. The number of nitrogens with zero attached hydrogens (tertiary/aromatic N) is 2. The standard InChI is InChI=1S/C24H27FN2O2/c1-15-21(16-6-8-17(9-7-16)24(2,3)29)22(28)20-5-4-14-26-23(20)27(15)19-12-10-18(25)11-13-19/h4-5,10-14,16-17,29H,6-9H2,1-3H3. The third-order valence-electron chi connectivity index (χ3n) is 6.43. The molecular formula is C24H27FN2O2. The van der Waals surface area contributed by atoms with Gasteiger partial charge in [0.1, 0.15) is 11.5 Å². The maximum atomic E-state index is 13.5. The molecule has 0 spiro atoms. The van der Waals surface area contributed by atoms with E-state index in [4.69, 9.17) is 0 Å². The van der Waals surface area contributed by atoms with E-state index >= 15 is 0 Å². The Hall–Kier alpha value is -2.53. The van der Waals surface area contributed by atoms with Crippen LogP contribution < -0.4 is 5.43 Å². The van der Waals surface area contributed by atoms with Crippen LogP contribution in [0.25, 0.3) is 16.7 Å². The average Bonchev–Trinajstić information content (AvgIpc) is 2.69. The Balaban J connectivity index is 1.85. The van der Waals surface area contributed by atoms with Gasteiger partial charge in [0.05, 0.1) is 11.0 Å². The Morgan fingerprint density at radius 3 is 2.38 bits per heavy atom. The van der Waals surface area contributed by atoms with Crippen molar-refractivity contribution in [1.29, 1.82) is 0 Å². The van der Waals surface area contributed by atoms with Crippen molar-refractivity contribution in [2.24, 2.45) is 5.92 Å². The zero-order chi connectivity index (χ0) is 20.8. The maximum absolute atomic E-state index is 13.5. The normalized spacial score (nSPS) is 20.2. The van der Waals surface area contributed by atoms with E-state index in [0.717, 1.165) is 42.6 Å². The van der Waals surface area contributed by atoms with Crippen LogP contribution in [0.5, 0.6) is 0 Å². The molecule has 5 heteroatoms. The summed E-state index contributed by atoms with van der Waals surface area (Å²) in [6, 6.07) is 9.89. The second kappa shape index (κ2) is 7.38.